The molecule has 1 aliphatic heterocycles. The van der Waals surface area contributed by atoms with Crippen LogP contribution in [-0.2, 0) is 0 Å². The van der Waals surface area contributed by atoms with E-state index in [9.17, 15) is 0 Å². The van der Waals surface area contributed by atoms with Crippen LogP contribution in [0, 0.1) is 0 Å². The van der Waals surface area contributed by atoms with Crippen molar-refractivity contribution in [3.05, 3.63) is 0 Å². The fourth-order valence-corrected chi connectivity index (χ4v) is 2.07. The van der Waals surface area contributed by atoms with E-state index in [4.69, 9.17) is 5.11 Å². The van der Waals surface area contributed by atoms with Crippen LogP contribution >= 0.6 is 0 Å². The molecule has 1 N–H and O–H groups in total. The average Bonchev–Trinajstić information content (AvgIpc) is 1.94. The van der Waals surface area contributed by atoms with E-state index in [1.807, 2.05) is 0 Å². The van der Waals surface area contributed by atoms with Gasteiger partial charge in [0.25, 0.3) is 0 Å². The zero-order valence-corrected chi connectivity index (χ0v) is 7.71. The van der Waals surface area contributed by atoms with Gasteiger partial charge in [0.2, 0.25) is 0 Å². The van der Waals surface area contributed by atoms with Gasteiger partial charge in [0, 0.05) is 13.0 Å². The molecule has 1 rings (SSSR count). The summed E-state index contributed by atoms with van der Waals surface area (Å²) in [6.07, 6.45) is 4.99. The zero-order chi connectivity index (χ0) is 8.32. The second-order valence-electron chi connectivity index (χ2n) is 4.16. The van der Waals surface area contributed by atoms with Crippen molar-refractivity contribution < 1.29 is 9.59 Å². The van der Waals surface area contributed by atoms with E-state index in [1.54, 1.807) is 0 Å². The van der Waals surface area contributed by atoms with Crippen molar-refractivity contribution in [2.75, 3.05) is 27.2 Å². The maximum Gasteiger partial charge on any atom is 0.0908 e. The summed E-state index contributed by atoms with van der Waals surface area (Å²) < 4.78 is 1.11. The van der Waals surface area contributed by atoms with Crippen LogP contribution in [0.1, 0.15) is 25.7 Å². The molecule has 1 atom stereocenters. The molecule has 0 aromatic rings. The van der Waals surface area contributed by atoms with Crippen molar-refractivity contribution in [2.24, 2.45) is 0 Å². The lowest BCUT2D eigenvalue weighted by molar-refractivity contribution is -0.920. The Morgan fingerprint density at radius 1 is 1.36 bits per heavy atom. The lowest BCUT2D eigenvalue weighted by Gasteiger charge is -2.41. The Hall–Kier alpha value is -0.0800. The summed E-state index contributed by atoms with van der Waals surface area (Å²) in [5.74, 6) is 0. The molecule has 0 radical (unpaired) electrons. The van der Waals surface area contributed by atoms with Gasteiger partial charge in [0.1, 0.15) is 0 Å². The van der Waals surface area contributed by atoms with Gasteiger partial charge < -0.3 is 9.59 Å². The van der Waals surface area contributed by atoms with Crippen molar-refractivity contribution in [3.8, 4) is 0 Å². The molecule has 0 bridgehead atoms. The number of piperidine rings is 1. The normalized spacial score (nSPS) is 30.3. The molecule has 0 aromatic heterocycles. The molecule has 11 heavy (non-hydrogen) atoms. The minimum absolute atomic E-state index is 0.354. The lowest BCUT2D eigenvalue weighted by atomic mass is 9.98. The third kappa shape index (κ3) is 2.17. The zero-order valence-electron chi connectivity index (χ0n) is 7.71. The molecule has 0 aromatic carbocycles. The molecule has 0 amide bonds. The first-order chi connectivity index (χ1) is 5.17. The van der Waals surface area contributed by atoms with E-state index >= 15 is 0 Å². The fraction of sp³-hybridized carbons (Fsp3) is 1.00. The van der Waals surface area contributed by atoms with Crippen LogP contribution in [0.4, 0.5) is 0 Å². The van der Waals surface area contributed by atoms with Gasteiger partial charge in [0.15, 0.2) is 0 Å². The number of rotatable bonds is 2. The summed E-state index contributed by atoms with van der Waals surface area (Å²) in [4.78, 5) is 0. The van der Waals surface area contributed by atoms with Gasteiger partial charge in [-0.25, -0.2) is 0 Å². The lowest BCUT2D eigenvalue weighted by Crippen LogP contribution is -2.52. The highest BCUT2D eigenvalue weighted by Gasteiger charge is 2.30. The van der Waals surface area contributed by atoms with E-state index in [2.05, 4.69) is 14.1 Å². The third-order valence-corrected chi connectivity index (χ3v) is 2.97. The van der Waals surface area contributed by atoms with Crippen molar-refractivity contribution in [1.82, 2.24) is 0 Å². The molecule has 0 saturated carbocycles. The van der Waals surface area contributed by atoms with E-state index in [1.165, 1.54) is 25.8 Å². The van der Waals surface area contributed by atoms with Crippen molar-refractivity contribution >= 4 is 0 Å². The number of aliphatic hydroxyl groups excluding tert-OH is 1. The summed E-state index contributed by atoms with van der Waals surface area (Å²) in [5.41, 5.74) is 0. The van der Waals surface area contributed by atoms with E-state index in [0.29, 0.717) is 12.6 Å². The molecular formula is C9H20NO+. The van der Waals surface area contributed by atoms with Gasteiger partial charge >= 0.3 is 0 Å². The first-order valence-electron chi connectivity index (χ1n) is 4.60. The molecular weight excluding hydrogens is 138 g/mol. The fourth-order valence-electron chi connectivity index (χ4n) is 2.07. The minimum Gasteiger partial charge on any atom is -0.396 e. The molecule has 0 spiro atoms. The molecule has 66 valence electrons. The number of aliphatic hydroxyl groups is 1. The highest BCUT2D eigenvalue weighted by Crippen LogP contribution is 2.23. The first-order valence-corrected chi connectivity index (χ1v) is 4.60. The Balaban J connectivity index is 2.45. The Morgan fingerprint density at radius 2 is 2.09 bits per heavy atom. The predicted molar refractivity (Wildman–Crippen MR) is 46.3 cm³/mol. The van der Waals surface area contributed by atoms with Crippen LogP contribution in [0.5, 0.6) is 0 Å². The Bertz CT molecular complexity index is 121. The Morgan fingerprint density at radius 3 is 2.64 bits per heavy atom. The van der Waals surface area contributed by atoms with Crippen molar-refractivity contribution in [1.29, 1.82) is 0 Å². The monoisotopic (exact) mass is 158 g/mol. The van der Waals surface area contributed by atoms with Crippen LogP contribution < -0.4 is 0 Å². The van der Waals surface area contributed by atoms with E-state index in [-0.39, 0.29) is 0 Å². The maximum atomic E-state index is 8.84. The number of quaternary nitrogens is 1. The van der Waals surface area contributed by atoms with Gasteiger partial charge in [0.05, 0.1) is 26.7 Å². The van der Waals surface area contributed by atoms with E-state index in [0.717, 1.165) is 10.9 Å². The van der Waals surface area contributed by atoms with Crippen molar-refractivity contribution in [2.45, 2.75) is 31.7 Å². The molecule has 1 aliphatic rings. The summed E-state index contributed by atoms with van der Waals surface area (Å²) in [6.45, 7) is 1.64. The van der Waals surface area contributed by atoms with Crippen molar-refractivity contribution in [3.63, 3.8) is 0 Å². The summed E-state index contributed by atoms with van der Waals surface area (Å²) >= 11 is 0. The van der Waals surface area contributed by atoms with Gasteiger partial charge in [-0.15, -0.1) is 0 Å². The van der Waals surface area contributed by atoms with Gasteiger partial charge in [-0.2, -0.15) is 0 Å². The largest absolute Gasteiger partial charge is 0.396 e. The molecule has 1 unspecified atom stereocenters. The van der Waals surface area contributed by atoms with Crippen LogP contribution in [0.3, 0.4) is 0 Å². The molecule has 2 nitrogen and oxygen atoms in total. The van der Waals surface area contributed by atoms with Crippen LogP contribution in [0.2, 0.25) is 0 Å². The highest BCUT2D eigenvalue weighted by atomic mass is 16.3. The molecule has 1 fully saturated rings. The topological polar surface area (TPSA) is 20.2 Å². The van der Waals surface area contributed by atoms with Crippen LogP contribution in [0.25, 0.3) is 0 Å². The van der Waals surface area contributed by atoms with Gasteiger partial charge in [-0.3, -0.25) is 0 Å². The van der Waals surface area contributed by atoms with Gasteiger partial charge in [-0.1, -0.05) is 0 Å². The second kappa shape index (κ2) is 3.55. The van der Waals surface area contributed by atoms with Gasteiger partial charge in [-0.05, 0) is 19.3 Å². The molecule has 2 heteroatoms. The summed E-state index contributed by atoms with van der Waals surface area (Å²) in [5, 5.41) is 8.84. The second-order valence-corrected chi connectivity index (χ2v) is 4.16. The SMILES string of the molecule is C[N+]1(C)CCCCC1CCO. The molecule has 0 aliphatic carbocycles. The smallest absolute Gasteiger partial charge is 0.0908 e. The van der Waals surface area contributed by atoms with E-state index < -0.39 is 0 Å². The minimum atomic E-state index is 0.354. The average molecular weight is 158 g/mol. The Labute approximate surface area is 69.4 Å². The molecule has 1 saturated heterocycles. The number of hydrogen-bond donors (Lipinski definition) is 1. The van der Waals surface area contributed by atoms with Crippen LogP contribution in [0.15, 0.2) is 0 Å². The first kappa shape index (κ1) is 9.01. The summed E-state index contributed by atoms with van der Waals surface area (Å²) in [6, 6.07) is 0.703. The third-order valence-electron chi connectivity index (χ3n) is 2.97. The van der Waals surface area contributed by atoms with Crippen LogP contribution in [-0.4, -0.2) is 42.9 Å². The number of hydrogen-bond acceptors (Lipinski definition) is 1. The highest BCUT2D eigenvalue weighted by molar-refractivity contribution is 4.63. The number of likely N-dealkylation sites (tertiary alicyclic amines) is 1. The maximum absolute atomic E-state index is 8.84. The Kier molecular flexibility index (Phi) is 2.90. The predicted octanol–water partition coefficient (Wildman–Crippen LogP) is 0.998. The molecule has 1 heterocycles. The standard InChI is InChI=1S/C9H20NO/c1-10(2)7-4-3-5-9(10)6-8-11/h9,11H,3-8H2,1-2H3/q+1. The number of nitrogens with zero attached hydrogens (tertiary/aromatic N) is 1. The summed E-state index contributed by atoms with van der Waals surface area (Å²) in [7, 11) is 4.55. The quantitative estimate of drug-likeness (QED) is 0.594.